The van der Waals surface area contributed by atoms with Gasteiger partial charge in [-0.3, -0.25) is 9.59 Å². The van der Waals surface area contributed by atoms with Crippen LogP contribution >= 0.6 is 0 Å². The number of benzene rings is 1. The SMILES string of the molecule is O=C(NCCC1CCCCC1)C1CCCN(C(=O)c2ccc(F)cc2)C1. The number of likely N-dealkylation sites (tertiary alicyclic amines) is 1. The maximum atomic E-state index is 13.0. The second kappa shape index (κ2) is 9.15. The molecule has 1 heterocycles. The van der Waals surface area contributed by atoms with Gasteiger partial charge in [0.1, 0.15) is 5.82 Å². The van der Waals surface area contributed by atoms with Crippen molar-refractivity contribution in [1.82, 2.24) is 10.2 Å². The van der Waals surface area contributed by atoms with Crippen molar-refractivity contribution in [3.63, 3.8) is 0 Å². The highest BCUT2D eigenvalue weighted by molar-refractivity contribution is 5.94. The summed E-state index contributed by atoms with van der Waals surface area (Å²) in [6.07, 6.45) is 9.29. The Hall–Kier alpha value is -1.91. The Balaban J connectivity index is 1.46. The van der Waals surface area contributed by atoms with Gasteiger partial charge in [0.25, 0.3) is 5.91 Å². The number of nitrogens with zero attached hydrogens (tertiary/aromatic N) is 1. The number of amides is 2. The third-order valence-corrected chi connectivity index (χ3v) is 5.75. The third kappa shape index (κ3) is 5.05. The molecule has 0 spiro atoms. The number of hydrogen-bond donors (Lipinski definition) is 1. The molecule has 1 saturated heterocycles. The number of hydrogen-bond acceptors (Lipinski definition) is 2. The Morgan fingerprint density at radius 1 is 1.04 bits per heavy atom. The van der Waals surface area contributed by atoms with Crippen LogP contribution in [-0.2, 0) is 4.79 Å². The van der Waals surface area contributed by atoms with Crippen LogP contribution in [0.2, 0.25) is 0 Å². The van der Waals surface area contributed by atoms with Gasteiger partial charge in [0.2, 0.25) is 5.91 Å². The van der Waals surface area contributed by atoms with Gasteiger partial charge in [-0.2, -0.15) is 0 Å². The minimum absolute atomic E-state index is 0.0671. The van der Waals surface area contributed by atoms with E-state index in [2.05, 4.69) is 5.32 Å². The Kier molecular flexibility index (Phi) is 6.64. The van der Waals surface area contributed by atoms with E-state index in [0.717, 1.165) is 31.7 Å². The number of rotatable bonds is 5. The van der Waals surface area contributed by atoms with Crippen LogP contribution in [-0.4, -0.2) is 36.3 Å². The average Bonchev–Trinajstić information content (AvgIpc) is 2.69. The van der Waals surface area contributed by atoms with E-state index in [1.165, 1.54) is 56.4 Å². The molecule has 142 valence electrons. The second-order valence-corrected chi connectivity index (χ2v) is 7.68. The maximum Gasteiger partial charge on any atom is 0.253 e. The molecular weight excluding hydrogens is 331 g/mol. The molecule has 1 atom stereocenters. The normalized spacial score (nSPS) is 21.4. The van der Waals surface area contributed by atoms with Gasteiger partial charge in [0, 0.05) is 25.2 Å². The average molecular weight is 360 g/mol. The van der Waals surface area contributed by atoms with Gasteiger partial charge in [-0.05, 0) is 49.4 Å². The fourth-order valence-electron chi connectivity index (χ4n) is 4.17. The Morgan fingerprint density at radius 3 is 2.50 bits per heavy atom. The zero-order valence-corrected chi connectivity index (χ0v) is 15.4. The van der Waals surface area contributed by atoms with Crippen molar-refractivity contribution in [2.24, 2.45) is 11.8 Å². The van der Waals surface area contributed by atoms with Crippen LogP contribution in [0.1, 0.15) is 61.7 Å². The summed E-state index contributed by atoms with van der Waals surface area (Å²) in [5.41, 5.74) is 0.477. The smallest absolute Gasteiger partial charge is 0.253 e. The Labute approximate surface area is 155 Å². The van der Waals surface area contributed by atoms with Crippen LogP contribution in [0.15, 0.2) is 24.3 Å². The van der Waals surface area contributed by atoms with E-state index >= 15 is 0 Å². The lowest BCUT2D eigenvalue weighted by atomic mass is 9.87. The number of carbonyl (C=O) groups is 2. The summed E-state index contributed by atoms with van der Waals surface area (Å²) < 4.78 is 13.0. The van der Waals surface area contributed by atoms with Crippen LogP contribution < -0.4 is 5.32 Å². The summed E-state index contributed by atoms with van der Waals surface area (Å²) in [6.45, 7) is 1.85. The van der Waals surface area contributed by atoms with E-state index < -0.39 is 0 Å². The maximum absolute atomic E-state index is 13.0. The molecule has 1 aliphatic carbocycles. The molecule has 2 amide bonds. The summed E-state index contributed by atoms with van der Waals surface area (Å²) in [5, 5.41) is 3.08. The fourth-order valence-corrected chi connectivity index (χ4v) is 4.17. The van der Waals surface area contributed by atoms with Crippen molar-refractivity contribution in [3.8, 4) is 0 Å². The molecule has 1 aromatic rings. The first-order chi connectivity index (χ1) is 12.6. The molecule has 3 rings (SSSR count). The van der Waals surface area contributed by atoms with Crippen molar-refractivity contribution in [3.05, 3.63) is 35.6 Å². The molecule has 1 N–H and O–H groups in total. The van der Waals surface area contributed by atoms with E-state index in [4.69, 9.17) is 0 Å². The van der Waals surface area contributed by atoms with Crippen LogP contribution in [0.3, 0.4) is 0 Å². The van der Waals surface area contributed by atoms with Crippen LogP contribution in [0.25, 0.3) is 0 Å². The first-order valence-electron chi connectivity index (χ1n) is 9.96. The lowest BCUT2D eigenvalue weighted by molar-refractivity contribution is -0.126. The lowest BCUT2D eigenvalue weighted by Gasteiger charge is -2.32. The largest absolute Gasteiger partial charge is 0.356 e. The molecular formula is C21H29FN2O2. The number of carbonyl (C=O) groups excluding carboxylic acids is 2. The highest BCUT2D eigenvalue weighted by atomic mass is 19.1. The highest BCUT2D eigenvalue weighted by Gasteiger charge is 2.29. The Bertz CT molecular complexity index is 611. The standard InChI is InChI=1S/C21H29FN2O2/c22-19-10-8-17(9-11-19)21(26)24-14-4-7-18(15-24)20(25)23-13-12-16-5-2-1-3-6-16/h8-11,16,18H,1-7,12-15H2,(H,23,25). The molecule has 1 unspecified atom stereocenters. The zero-order valence-electron chi connectivity index (χ0n) is 15.4. The Morgan fingerprint density at radius 2 is 1.77 bits per heavy atom. The third-order valence-electron chi connectivity index (χ3n) is 5.75. The topological polar surface area (TPSA) is 49.4 Å². The predicted molar refractivity (Wildman–Crippen MR) is 99.2 cm³/mol. The van der Waals surface area contributed by atoms with Crippen molar-refractivity contribution in [2.45, 2.75) is 51.4 Å². The molecule has 1 aromatic carbocycles. The van der Waals surface area contributed by atoms with Gasteiger partial charge in [0.15, 0.2) is 0 Å². The molecule has 0 bridgehead atoms. The van der Waals surface area contributed by atoms with Crippen molar-refractivity contribution >= 4 is 11.8 Å². The predicted octanol–water partition coefficient (Wildman–Crippen LogP) is 3.76. The van der Waals surface area contributed by atoms with E-state index in [1.54, 1.807) is 4.90 Å². The van der Waals surface area contributed by atoms with E-state index in [1.807, 2.05) is 0 Å². The molecule has 4 nitrogen and oxygen atoms in total. The van der Waals surface area contributed by atoms with Gasteiger partial charge in [-0.25, -0.2) is 4.39 Å². The molecule has 2 fully saturated rings. The molecule has 2 aliphatic rings. The number of halogens is 1. The van der Waals surface area contributed by atoms with E-state index in [-0.39, 0.29) is 23.5 Å². The van der Waals surface area contributed by atoms with Gasteiger partial charge in [-0.1, -0.05) is 32.1 Å². The summed E-state index contributed by atoms with van der Waals surface area (Å²) >= 11 is 0. The van der Waals surface area contributed by atoms with E-state index in [9.17, 15) is 14.0 Å². The van der Waals surface area contributed by atoms with Gasteiger partial charge in [-0.15, -0.1) is 0 Å². The summed E-state index contributed by atoms with van der Waals surface area (Å²) in [7, 11) is 0. The van der Waals surface area contributed by atoms with Crippen LogP contribution in [0.4, 0.5) is 4.39 Å². The second-order valence-electron chi connectivity index (χ2n) is 7.68. The molecule has 5 heteroatoms. The quantitative estimate of drug-likeness (QED) is 0.869. The first kappa shape index (κ1) is 18.9. The van der Waals surface area contributed by atoms with Crippen molar-refractivity contribution in [1.29, 1.82) is 0 Å². The molecule has 0 aromatic heterocycles. The highest BCUT2D eigenvalue weighted by Crippen LogP contribution is 2.26. The minimum Gasteiger partial charge on any atom is -0.356 e. The fraction of sp³-hybridized carbons (Fsp3) is 0.619. The van der Waals surface area contributed by atoms with E-state index in [0.29, 0.717) is 18.7 Å². The molecule has 1 saturated carbocycles. The molecule has 0 radical (unpaired) electrons. The van der Waals surface area contributed by atoms with Crippen molar-refractivity contribution in [2.75, 3.05) is 19.6 Å². The summed E-state index contributed by atoms with van der Waals surface area (Å²) in [4.78, 5) is 26.8. The van der Waals surface area contributed by atoms with Gasteiger partial charge < -0.3 is 10.2 Å². The summed E-state index contributed by atoms with van der Waals surface area (Å²) in [6, 6.07) is 5.61. The van der Waals surface area contributed by atoms with Crippen LogP contribution in [0, 0.1) is 17.7 Å². The molecule has 1 aliphatic heterocycles. The minimum atomic E-state index is -0.351. The van der Waals surface area contributed by atoms with Gasteiger partial charge >= 0.3 is 0 Å². The molecule has 26 heavy (non-hydrogen) atoms. The van der Waals surface area contributed by atoms with Crippen LogP contribution in [0.5, 0.6) is 0 Å². The number of piperidine rings is 1. The number of nitrogens with one attached hydrogen (secondary N) is 1. The monoisotopic (exact) mass is 360 g/mol. The van der Waals surface area contributed by atoms with Crippen molar-refractivity contribution < 1.29 is 14.0 Å². The van der Waals surface area contributed by atoms with Gasteiger partial charge in [0.05, 0.1) is 5.92 Å². The zero-order chi connectivity index (χ0) is 18.4. The first-order valence-corrected chi connectivity index (χ1v) is 9.96. The summed E-state index contributed by atoms with van der Waals surface area (Å²) in [5.74, 6) is 0.212. The lowest BCUT2D eigenvalue weighted by Crippen LogP contribution is -2.45.